The van der Waals surface area contributed by atoms with Crippen LogP contribution >= 0.6 is 0 Å². The first-order chi connectivity index (χ1) is 22.5. The summed E-state index contributed by atoms with van der Waals surface area (Å²) in [7, 11) is 0. The summed E-state index contributed by atoms with van der Waals surface area (Å²) in [6.45, 7) is 1.10. The molecule has 1 atom stereocenters. The number of carbonyl (C=O) groups is 6. The van der Waals surface area contributed by atoms with E-state index in [9.17, 15) is 44.2 Å². The molecule has 0 fully saturated rings. The minimum absolute atomic E-state index is 0.0212. The minimum Gasteiger partial charge on any atom is -0.504 e. The molecule has 0 radical (unpaired) electrons. The average Bonchev–Trinajstić information content (AvgIpc) is 3.05. The second-order valence-corrected chi connectivity index (χ2v) is 10.7. The number of phenols is 2. The van der Waals surface area contributed by atoms with Crippen LogP contribution in [0, 0.1) is 0 Å². The molecule has 15 nitrogen and oxygen atoms in total. The summed E-state index contributed by atoms with van der Waals surface area (Å²) in [4.78, 5) is 72.2. The second kappa shape index (κ2) is 20.8. The first-order valence-electron chi connectivity index (χ1n) is 15.4. The molecule has 9 N–H and O–H groups in total. The van der Waals surface area contributed by atoms with Crippen molar-refractivity contribution in [2.75, 3.05) is 26.2 Å². The van der Waals surface area contributed by atoms with Crippen LogP contribution in [0.4, 0.5) is 0 Å². The Morgan fingerprint density at radius 3 is 1.87 bits per heavy atom. The van der Waals surface area contributed by atoms with Gasteiger partial charge < -0.3 is 37.2 Å². The summed E-state index contributed by atoms with van der Waals surface area (Å²) in [5.41, 5.74) is 5.87. The molecule has 0 saturated carbocycles. The third kappa shape index (κ3) is 14.6. The number of amides is 6. The van der Waals surface area contributed by atoms with Crippen molar-refractivity contribution in [3.63, 3.8) is 0 Å². The monoisotopic (exact) mass is 656 g/mol. The van der Waals surface area contributed by atoms with Gasteiger partial charge in [-0.3, -0.25) is 34.0 Å². The first kappa shape index (κ1) is 38.0. The fourth-order valence-electron chi connectivity index (χ4n) is 4.36. The van der Waals surface area contributed by atoms with Crippen molar-refractivity contribution in [1.29, 1.82) is 0 Å². The summed E-state index contributed by atoms with van der Waals surface area (Å²) >= 11 is 0. The zero-order valence-electron chi connectivity index (χ0n) is 26.2. The van der Waals surface area contributed by atoms with Crippen molar-refractivity contribution in [2.24, 2.45) is 5.73 Å². The molecule has 0 bridgehead atoms. The van der Waals surface area contributed by atoms with E-state index in [2.05, 4.69) is 21.3 Å². The van der Waals surface area contributed by atoms with E-state index < -0.39 is 35.4 Å². The van der Waals surface area contributed by atoms with Crippen LogP contribution in [-0.2, 0) is 24.0 Å². The Hall–Kier alpha value is -5.18. The Morgan fingerprint density at radius 1 is 0.681 bits per heavy atom. The van der Waals surface area contributed by atoms with Crippen LogP contribution in [0.15, 0.2) is 48.5 Å². The van der Waals surface area contributed by atoms with Crippen LogP contribution < -0.4 is 27.0 Å². The number of carbonyl (C=O) groups excluding carboxylic acids is 6. The molecule has 0 aliphatic rings. The fraction of sp³-hybridized carbons (Fsp3) is 0.438. The quantitative estimate of drug-likeness (QED) is 0.0415. The number of phenolic OH excluding ortho intramolecular Hbond substituents is 2. The maximum Gasteiger partial charge on any atom is 0.255 e. The highest BCUT2D eigenvalue weighted by Crippen LogP contribution is 2.27. The predicted octanol–water partition coefficient (Wildman–Crippen LogP) is 1.13. The van der Waals surface area contributed by atoms with Crippen molar-refractivity contribution in [3.8, 4) is 11.5 Å². The highest BCUT2D eigenvalue weighted by molar-refractivity contribution is 5.97. The molecule has 0 aromatic heterocycles. The van der Waals surface area contributed by atoms with Crippen LogP contribution in [0.5, 0.6) is 11.5 Å². The van der Waals surface area contributed by atoms with E-state index >= 15 is 0 Å². The van der Waals surface area contributed by atoms with Gasteiger partial charge in [-0.25, -0.2) is 5.06 Å². The second-order valence-electron chi connectivity index (χ2n) is 10.7. The van der Waals surface area contributed by atoms with Crippen LogP contribution in [0.1, 0.15) is 79.8 Å². The maximum absolute atomic E-state index is 12.2. The largest absolute Gasteiger partial charge is 0.504 e. The fourth-order valence-corrected chi connectivity index (χ4v) is 4.36. The molecule has 256 valence electrons. The molecule has 0 heterocycles. The highest BCUT2D eigenvalue weighted by Gasteiger charge is 2.21. The smallest absolute Gasteiger partial charge is 0.255 e. The van der Waals surface area contributed by atoms with Crippen molar-refractivity contribution >= 4 is 35.4 Å². The molecule has 2 aromatic carbocycles. The van der Waals surface area contributed by atoms with E-state index in [1.807, 2.05) is 0 Å². The van der Waals surface area contributed by atoms with Gasteiger partial charge in [-0.15, -0.1) is 0 Å². The molecule has 0 aliphatic heterocycles. The number of nitrogens with zero attached hydrogens (tertiary/aromatic N) is 1. The summed E-state index contributed by atoms with van der Waals surface area (Å²) in [6, 6.07) is 11.5. The third-order valence-electron chi connectivity index (χ3n) is 7.00. The molecule has 6 amide bonds. The number of rotatable bonds is 21. The Balaban J connectivity index is 1.46. The SMILES string of the molecule is NC(=O)[C@H](NC(=O)CCC(=O)N(O)CCCCCNC(=O)CCC(=O)NCCCCNC(=O)c1cccc(O)c1O)c1ccccc1. The Labute approximate surface area is 272 Å². The van der Waals surface area contributed by atoms with Gasteiger partial charge in [-0.1, -0.05) is 36.4 Å². The lowest BCUT2D eigenvalue weighted by Gasteiger charge is -2.17. The minimum atomic E-state index is -1.03. The summed E-state index contributed by atoms with van der Waals surface area (Å²) in [6.07, 6.45) is 2.39. The van der Waals surface area contributed by atoms with Crippen LogP contribution in [0.2, 0.25) is 0 Å². The summed E-state index contributed by atoms with van der Waals surface area (Å²) in [5.74, 6) is -3.86. The number of benzene rings is 2. The van der Waals surface area contributed by atoms with E-state index in [0.717, 1.165) is 0 Å². The number of hydroxylamine groups is 2. The van der Waals surface area contributed by atoms with Crippen molar-refractivity contribution in [1.82, 2.24) is 26.3 Å². The van der Waals surface area contributed by atoms with Gasteiger partial charge in [0.1, 0.15) is 6.04 Å². The van der Waals surface area contributed by atoms with E-state index in [1.165, 1.54) is 18.2 Å². The van der Waals surface area contributed by atoms with Gasteiger partial charge >= 0.3 is 0 Å². The number of unbranched alkanes of at least 4 members (excludes halogenated alkanes) is 3. The van der Waals surface area contributed by atoms with Crippen molar-refractivity contribution in [2.45, 2.75) is 63.8 Å². The lowest BCUT2D eigenvalue weighted by molar-refractivity contribution is -0.166. The van der Waals surface area contributed by atoms with Crippen LogP contribution in [-0.4, -0.2) is 82.1 Å². The number of hydrogen-bond donors (Lipinski definition) is 8. The van der Waals surface area contributed by atoms with Gasteiger partial charge in [0.25, 0.3) is 5.91 Å². The van der Waals surface area contributed by atoms with Crippen molar-refractivity contribution < 1.29 is 44.2 Å². The van der Waals surface area contributed by atoms with Gasteiger partial charge in [0.05, 0.1) is 5.56 Å². The lowest BCUT2D eigenvalue weighted by atomic mass is 10.1. The Morgan fingerprint density at radius 2 is 1.26 bits per heavy atom. The zero-order valence-corrected chi connectivity index (χ0v) is 26.2. The van der Waals surface area contributed by atoms with Gasteiger partial charge in [0.15, 0.2) is 11.5 Å². The van der Waals surface area contributed by atoms with E-state index in [0.29, 0.717) is 62.4 Å². The number of nitrogens with one attached hydrogen (secondary N) is 4. The molecular weight excluding hydrogens is 612 g/mol. The Bertz CT molecular complexity index is 1360. The zero-order chi connectivity index (χ0) is 34.6. The predicted molar refractivity (Wildman–Crippen MR) is 170 cm³/mol. The summed E-state index contributed by atoms with van der Waals surface area (Å²) in [5, 5.41) is 40.3. The Kier molecular flexibility index (Phi) is 16.8. The highest BCUT2D eigenvalue weighted by atomic mass is 16.5. The molecule has 2 aromatic rings. The lowest BCUT2D eigenvalue weighted by Crippen LogP contribution is -2.38. The molecular formula is C32H44N6O9. The number of aromatic hydroxyl groups is 2. The molecule has 0 spiro atoms. The maximum atomic E-state index is 12.2. The standard InChI is InChI=1S/C32H44N6O9/c33-31(45)29(22-10-3-1-4-11-22)37-27(42)16-17-28(43)38(47)21-8-2-5-18-34-25(40)14-15-26(41)35-19-6-7-20-36-32(46)23-12-9-13-24(39)30(23)44/h1,3-4,9-13,29,39,44,47H,2,5-8,14-21H2,(H2,33,45)(H,34,40)(H,35,41)(H,36,46)(H,37,42)/t29-/m1/s1. The van der Waals surface area contributed by atoms with Gasteiger partial charge in [-0.2, -0.15) is 0 Å². The third-order valence-corrected chi connectivity index (χ3v) is 7.00. The molecule has 47 heavy (non-hydrogen) atoms. The van der Waals surface area contributed by atoms with Crippen LogP contribution in [0.25, 0.3) is 0 Å². The molecule has 0 saturated heterocycles. The number of hydrogen-bond acceptors (Lipinski definition) is 9. The van der Waals surface area contributed by atoms with Gasteiger partial charge in [0.2, 0.25) is 29.5 Å². The van der Waals surface area contributed by atoms with E-state index in [1.54, 1.807) is 30.3 Å². The molecule has 0 aliphatic carbocycles. The molecule has 2 rings (SSSR count). The first-order valence-corrected chi connectivity index (χ1v) is 15.4. The van der Waals surface area contributed by atoms with Crippen LogP contribution in [0.3, 0.4) is 0 Å². The topological polar surface area (TPSA) is 240 Å². The van der Waals surface area contributed by atoms with E-state index in [-0.39, 0.29) is 55.4 Å². The van der Waals surface area contributed by atoms with Gasteiger partial charge in [-0.05, 0) is 49.8 Å². The molecule has 15 heteroatoms. The summed E-state index contributed by atoms with van der Waals surface area (Å²) < 4.78 is 0. The van der Waals surface area contributed by atoms with Crippen molar-refractivity contribution in [3.05, 3.63) is 59.7 Å². The van der Waals surface area contributed by atoms with E-state index in [4.69, 9.17) is 5.73 Å². The number of nitrogens with two attached hydrogens (primary N) is 1. The average molecular weight is 657 g/mol. The number of primary amides is 1. The molecule has 0 unspecified atom stereocenters. The normalized spacial score (nSPS) is 11.2. The van der Waals surface area contributed by atoms with Gasteiger partial charge in [0, 0.05) is 51.9 Å². The number of para-hydroxylation sites is 1.